The van der Waals surface area contributed by atoms with E-state index < -0.39 is 0 Å². The van der Waals surface area contributed by atoms with Crippen LogP contribution < -0.4 is 0 Å². The highest BCUT2D eigenvalue weighted by Crippen LogP contribution is 2.37. The third-order valence-corrected chi connectivity index (χ3v) is 7.90. The molecular weight excluding hydrogens is 427 g/mol. The SMILES string of the molecule is CCCc1ccc(C=Cc2ccc(CCC3CCC(C[C@@H](C)c4ccccc4)CC3)cc2F)cc1. The van der Waals surface area contributed by atoms with Crippen molar-refractivity contribution in [3.05, 3.63) is 106 Å². The van der Waals surface area contributed by atoms with Gasteiger partial charge in [-0.1, -0.05) is 125 Å². The molecule has 0 saturated heterocycles. The standard InChI is InChI=1S/C34H41F/c1-3-7-27-10-12-29(13-11-27)20-22-33-23-21-31(25-34(33)35)19-16-28-14-17-30(18-15-28)24-26(2)32-8-5-4-6-9-32/h4-6,8-13,20-23,25-26,28,30H,3,7,14-19,24H2,1-2H3/t26-,28?,30?/m1/s1. The fraction of sp³-hybridized carbons (Fsp3) is 0.412. The minimum Gasteiger partial charge on any atom is -0.206 e. The molecule has 4 rings (SSSR count). The number of benzene rings is 3. The predicted octanol–water partition coefficient (Wildman–Crippen LogP) is 9.88. The minimum atomic E-state index is -0.111. The molecule has 1 atom stereocenters. The molecule has 0 amide bonds. The molecule has 0 unspecified atom stereocenters. The average Bonchev–Trinajstić information content (AvgIpc) is 2.89. The van der Waals surface area contributed by atoms with E-state index in [9.17, 15) is 4.39 Å². The predicted molar refractivity (Wildman–Crippen MR) is 149 cm³/mol. The van der Waals surface area contributed by atoms with Crippen LogP contribution in [0.25, 0.3) is 12.2 Å². The van der Waals surface area contributed by atoms with Crippen molar-refractivity contribution in [2.24, 2.45) is 11.8 Å². The summed E-state index contributed by atoms with van der Waals surface area (Å²) < 4.78 is 14.7. The Morgan fingerprint density at radius 3 is 2.17 bits per heavy atom. The van der Waals surface area contributed by atoms with Crippen molar-refractivity contribution in [1.82, 2.24) is 0 Å². The topological polar surface area (TPSA) is 0 Å². The fourth-order valence-corrected chi connectivity index (χ4v) is 5.68. The molecule has 0 bridgehead atoms. The van der Waals surface area contributed by atoms with Crippen LogP contribution in [0.15, 0.2) is 72.8 Å². The molecule has 0 nitrogen and oxygen atoms in total. The first-order chi connectivity index (χ1) is 17.1. The van der Waals surface area contributed by atoms with E-state index in [1.807, 2.05) is 18.2 Å². The summed E-state index contributed by atoms with van der Waals surface area (Å²) in [4.78, 5) is 0. The molecular formula is C34H41F. The highest BCUT2D eigenvalue weighted by Gasteiger charge is 2.23. The molecule has 1 aliphatic rings. The van der Waals surface area contributed by atoms with E-state index in [1.54, 1.807) is 6.07 Å². The van der Waals surface area contributed by atoms with Gasteiger partial charge in [-0.2, -0.15) is 0 Å². The summed E-state index contributed by atoms with van der Waals surface area (Å²) in [6.07, 6.45) is 15.0. The van der Waals surface area contributed by atoms with Crippen molar-refractivity contribution in [2.75, 3.05) is 0 Å². The maximum absolute atomic E-state index is 14.7. The molecule has 0 spiro atoms. The van der Waals surface area contributed by atoms with Gasteiger partial charge in [-0.15, -0.1) is 0 Å². The van der Waals surface area contributed by atoms with Crippen LogP contribution in [0.3, 0.4) is 0 Å². The van der Waals surface area contributed by atoms with Crippen molar-refractivity contribution in [3.63, 3.8) is 0 Å². The third-order valence-electron chi connectivity index (χ3n) is 7.90. The first-order valence-electron chi connectivity index (χ1n) is 13.7. The van der Waals surface area contributed by atoms with Gasteiger partial charge in [-0.25, -0.2) is 4.39 Å². The van der Waals surface area contributed by atoms with Gasteiger partial charge in [-0.05, 0) is 71.8 Å². The van der Waals surface area contributed by atoms with Crippen LogP contribution in [0.2, 0.25) is 0 Å². The van der Waals surface area contributed by atoms with Crippen LogP contribution >= 0.6 is 0 Å². The van der Waals surface area contributed by atoms with Crippen molar-refractivity contribution in [3.8, 4) is 0 Å². The molecule has 1 heteroatoms. The Bertz CT molecular complexity index is 1060. The molecule has 0 aromatic heterocycles. The molecule has 3 aromatic carbocycles. The van der Waals surface area contributed by atoms with Crippen LogP contribution in [0, 0.1) is 17.7 Å². The number of aryl methyl sites for hydroxylation is 2. The molecule has 1 fully saturated rings. The zero-order valence-electron chi connectivity index (χ0n) is 21.6. The van der Waals surface area contributed by atoms with Gasteiger partial charge in [0.25, 0.3) is 0 Å². The minimum absolute atomic E-state index is 0.111. The Morgan fingerprint density at radius 2 is 1.49 bits per heavy atom. The van der Waals surface area contributed by atoms with Gasteiger partial charge < -0.3 is 0 Å². The molecule has 0 radical (unpaired) electrons. The number of hydrogen-bond donors (Lipinski definition) is 0. The van der Waals surface area contributed by atoms with Crippen molar-refractivity contribution >= 4 is 12.2 Å². The second kappa shape index (κ2) is 12.9. The maximum Gasteiger partial charge on any atom is 0.130 e. The Labute approximate surface area is 212 Å². The molecule has 184 valence electrons. The summed E-state index contributed by atoms with van der Waals surface area (Å²) in [6.45, 7) is 4.57. The third kappa shape index (κ3) is 7.66. The lowest BCUT2D eigenvalue weighted by Gasteiger charge is -2.30. The van der Waals surface area contributed by atoms with Gasteiger partial charge in [0.1, 0.15) is 5.82 Å². The molecule has 0 heterocycles. The van der Waals surface area contributed by atoms with E-state index in [0.717, 1.165) is 42.2 Å². The zero-order valence-corrected chi connectivity index (χ0v) is 21.6. The van der Waals surface area contributed by atoms with E-state index in [1.165, 1.54) is 49.7 Å². The number of hydrogen-bond acceptors (Lipinski definition) is 0. The van der Waals surface area contributed by atoms with E-state index in [-0.39, 0.29) is 5.82 Å². The normalized spacial score (nSPS) is 19.2. The van der Waals surface area contributed by atoms with E-state index in [0.29, 0.717) is 11.5 Å². The van der Waals surface area contributed by atoms with E-state index >= 15 is 0 Å². The van der Waals surface area contributed by atoms with Crippen LogP contribution in [0.4, 0.5) is 4.39 Å². The Hall–Kier alpha value is -2.67. The van der Waals surface area contributed by atoms with Gasteiger partial charge in [0, 0.05) is 5.56 Å². The monoisotopic (exact) mass is 468 g/mol. The smallest absolute Gasteiger partial charge is 0.130 e. The second-order valence-corrected chi connectivity index (χ2v) is 10.7. The van der Waals surface area contributed by atoms with Gasteiger partial charge in [0.15, 0.2) is 0 Å². The van der Waals surface area contributed by atoms with Gasteiger partial charge in [-0.3, -0.25) is 0 Å². The number of halogens is 1. The zero-order chi connectivity index (χ0) is 24.5. The Kier molecular flexibility index (Phi) is 9.35. The summed E-state index contributed by atoms with van der Waals surface area (Å²) in [5, 5.41) is 0. The van der Waals surface area contributed by atoms with E-state index in [4.69, 9.17) is 0 Å². The molecule has 3 aromatic rings. The molecule has 35 heavy (non-hydrogen) atoms. The summed E-state index contributed by atoms with van der Waals surface area (Å²) in [5.74, 6) is 2.18. The lowest BCUT2D eigenvalue weighted by molar-refractivity contribution is 0.245. The highest BCUT2D eigenvalue weighted by atomic mass is 19.1. The summed E-state index contributed by atoms with van der Waals surface area (Å²) in [7, 11) is 0. The summed E-state index contributed by atoms with van der Waals surface area (Å²) in [5.41, 5.74) is 5.74. The van der Waals surface area contributed by atoms with Crippen LogP contribution in [-0.4, -0.2) is 0 Å². The van der Waals surface area contributed by atoms with Crippen molar-refractivity contribution < 1.29 is 4.39 Å². The Balaban J connectivity index is 1.22. The van der Waals surface area contributed by atoms with Crippen molar-refractivity contribution in [1.29, 1.82) is 0 Å². The molecule has 1 saturated carbocycles. The van der Waals surface area contributed by atoms with Crippen LogP contribution in [0.1, 0.15) is 92.5 Å². The summed E-state index contributed by atoms with van der Waals surface area (Å²) in [6, 6.07) is 25.3. The highest BCUT2D eigenvalue weighted by molar-refractivity contribution is 5.70. The van der Waals surface area contributed by atoms with Gasteiger partial charge >= 0.3 is 0 Å². The van der Waals surface area contributed by atoms with Crippen LogP contribution in [-0.2, 0) is 12.8 Å². The van der Waals surface area contributed by atoms with Gasteiger partial charge in [0.05, 0.1) is 0 Å². The second-order valence-electron chi connectivity index (χ2n) is 10.7. The number of rotatable bonds is 10. The molecule has 0 aliphatic heterocycles. The first kappa shape index (κ1) is 25.4. The quantitative estimate of drug-likeness (QED) is 0.260. The largest absolute Gasteiger partial charge is 0.206 e. The maximum atomic E-state index is 14.7. The molecule has 0 N–H and O–H groups in total. The van der Waals surface area contributed by atoms with Crippen molar-refractivity contribution in [2.45, 2.75) is 77.6 Å². The fourth-order valence-electron chi connectivity index (χ4n) is 5.68. The lowest BCUT2D eigenvalue weighted by Crippen LogP contribution is -2.17. The molecule has 1 aliphatic carbocycles. The Morgan fingerprint density at radius 1 is 0.800 bits per heavy atom. The van der Waals surface area contributed by atoms with E-state index in [2.05, 4.69) is 74.5 Å². The van der Waals surface area contributed by atoms with Crippen LogP contribution in [0.5, 0.6) is 0 Å². The first-order valence-corrected chi connectivity index (χ1v) is 13.7. The average molecular weight is 469 g/mol. The lowest BCUT2D eigenvalue weighted by atomic mass is 9.75. The van der Waals surface area contributed by atoms with Gasteiger partial charge in [0.2, 0.25) is 0 Å². The summed E-state index contributed by atoms with van der Waals surface area (Å²) >= 11 is 0.